The molecular weight excluding hydrogens is 420 g/mol. The molecule has 160 valence electrons. The Morgan fingerprint density at radius 2 is 1.77 bits per heavy atom. The van der Waals surface area contributed by atoms with E-state index in [4.69, 9.17) is 4.74 Å². The number of fused-ring (bicyclic) bond motifs is 2. The molecule has 0 spiro atoms. The lowest BCUT2D eigenvalue weighted by molar-refractivity contribution is -0.151. The van der Waals surface area contributed by atoms with Crippen LogP contribution >= 0.6 is 11.3 Å². The van der Waals surface area contributed by atoms with Crippen molar-refractivity contribution in [2.45, 2.75) is 39.8 Å². The number of hydrogen-bond acceptors (Lipinski definition) is 8. The SMILES string of the molecule is CCc1nn2c(=O)cc(COC(=O)[C@H](C(C)C)N3C(=O)c4ccccc4C3=O)nc2s1. The molecule has 3 heterocycles. The number of hydrogen-bond donors (Lipinski definition) is 0. The van der Waals surface area contributed by atoms with Crippen molar-refractivity contribution in [3.8, 4) is 0 Å². The molecule has 0 bridgehead atoms. The number of carbonyl (C=O) groups excluding carboxylic acids is 3. The summed E-state index contributed by atoms with van der Waals surface area (Å²) < 4.78 is 6.60. The van der Waals surface area contributed by atoms with Gasteiger partial charge in [-0.1, -0.05) is 44.2 Å². The van der Waals surface area contributed by atoms with Crippen molar-refractivity contribution in [2.75, 3.05) is 0 Å². The molecule has 10 heteroatoms. The quantitative estimate of drug-likeness (QED) is 0.426. The van der Waals surface area contributed by atoms with Crippen molar-refractivity contribution in [1.82, 2.24) is 19.5 Å². The van der Waals surface area contributed by atoms with E-state index in [1.165, 1.54) is 21.9 Å². The molecule has 1 aliphatic rings. The molecule has 1 aliphatic heterocycles. The van der Waals surface area contributed by atoms with E-state index in [1.807, 2.05) is 6.92 Å². The van der Waals surface area contributed by atoms with Gasteiger partial charge in [0.05, 0.1) is 16.8 Å². The summed E-state index contributed by atoms with van der Waals surface area (Å²) in [6.07, 6.45) is 0.675. The zero-order chi connectivity index (χ0) is 22.3. The highest BCUT2D eigenvalue weighted by Gasteiger charge is 2.44. The number of aromatic nitrogens is 3. The Labute approximate surface area is 181 Å². The first-order valence-corrected chi connectivity index (χ1v) is 10.7. The van der Waals surface area contributed by atoms with Gasteiger partial charge in [-0.3, -0.25) is 19.3 Å². The van der Waals surface area contributed by atoms with Crippen LogP contribution in [0.2, 0.25) is 0 Å². The zero-order valence-corrected chi connectivity index (χ0v) is 18.0. The molecule has 31 heavy (non-hydrogen) atoms. The Morgan fingerprint density at radius 1 is 1.13 bits per heavy atom. The fourth-order valence-electron chi connectivity index (χ4n) is 3.48. The second-order valence-electron chi connectivity index (χ2n) is 7.45. The maximum absolute atomic E-state index is 12.9. The van der Waals surface area contributed by atoms with E-state index in [-0.39, 0.29) is 34.9 Å². The van der Waals surface area contributed by atoms with E-state index in [9.17, 15) is 19.2 Å². The number of esters is 1. The summed E-state index contributed by atoms with van der Waals surface area (Å²) in [6.45, 7) is 5.14. The van der Waals surface area contributed by atoms with Crippen molar-refractivity contribution < 1.29 is 19.1 Å². The van der Waals surface area contributed by atoms with E-state index >= 15 is 0 Å². The van der Waals surface area contributed by atoms with Crippen LogP contribution in [0.1, 0.15) is 52.2 Å². The number of rotatable bonds is 6. The third kappa shape index (κ3) is 3.63. The molecular formula is C21H20N4O5S. The maximum atomic E-state index is 12.9. The van der Waals surface area contributed by atoms with Crippen LogP contribution in [0.25, 0.3) is 4.96 Å². The van der Waals surface area contributed by atoms with Gasteiger partial charge in [-0.25, -0.2) is 9.78 Å². The molecule has 0 unspecified atom stereocenters. The summed E-state index contributed by atoms with van der Waals surface area (Å²) in [5.41, 5.74) is 0.438. The molecule has 0 fully saturated rings. The molecule has 0 N–H and O–H groups in total. The van der Waals surface area contributed by atoms with Crippen LogP contribution in [0.3, 0.4) is 0 Å². The smallest absolute Gasteiger partial charge is 0.330 e. The Morgan fingerprint density at radius 3 is 2.35 bits per heavy atom. The van der Waals surface area contributed by atoms with Gasteiger partial charge < -0.3 is 4.74 Å². The van der Waals surface area contributed by atoms with E-state index in [1.54, 1.807) is 38.1 Å². The second-order valence-corrected chi connectivity index (χ2v) is 8.49. The van der Waals surface area contributed by atoms with E-state index in [0.717, 1.165) is 9.91 Å². The highest BCUT2D eigenvalue weighted by Crippen LogP contribution is 2.27. The van der Waals surface area contributed by atoms with Crippen molar-refractivity contribution in [3.05, 3.63) is 62.5 Å². The molecule has 1 atom stereocenters. The topological polar surface area (TPSA) is 111 Å². The predicted molar refractivity (Wildman–Crippen MR) is 112 cm³/mol. The summed E-state index contributed by atoms with van der Waals surface area (Å²) in [5.74, 6) is -2.15. The summed E-state index contributed by atoms with van der Waals surface area (Å²) in [4.78, 5) is 56.4. The third-order valence-electron chi connectivity index (χ3n) is 4.98. The minimum absolute atomic E-state index is 0.254. The first-order chi connectivity index (χ1) is 14.8. The highest BCUT2D eigenvalue weighted by atomic mass is 32.1. The summed E-state index contributed by atoms with van der Waals surface area (Å²) in [5, 5.41) is 4.95. The fraction of sp³-hybridized carbons (Fsp3) is 0.333. The Hall–Kier alpha value is -3.40. The van der Waals surface area contributed by atoms with Crippen molar-refractivity contribution in [1.29, 1.82) is 0 Å². The van der Waals surface area contributed by atoms with Crippen LogP contribution < -0.4 is 5.56 Å². The van der Waals surface area contributed by atoms with Crippen LogP contribution in [-0.2, 0) is 22.6 Å². The van der Waals surface area contributed by atoms with Gasteiger partial charge in [0.1, 0.15) is 17.7 Å². The molecule has 1 aromatic carbocycles. The van der Waals surface area contributed by atoms with Gasteiger partial charge >= 0.3 is 5.97 Å². The largest absolute Gasteiger partial charge is 0.458 e. The number of imide groups is 1. The maximum Gasteiger partial charge on any atom is 0.330 e. The van der Waals surface area contributed by atoms with Gasteiger partial charge in [0.25, 0.3) is 17.4 Å². The number of aryl methyl sites for hydroxylation is 1. The summed E-state index contributed by atoms with van der Waals surface area (Å²) >= 11 is 1.29. The van der Waals surface area contributed by atoms with Gasteiger partial charge in [0.2, 0.25) is 4.96 Å². The summed E-state index contributed by atoms with van der Waals surface area (Å²) in [7, 11) is 0. The van der Waals surface area contributed by atoms with E-state index < -0.39 is 23.8 Å². The number of nitrogens with zero attached hydrogens (tertiary/aromatic N) is 4. The molecule has 3 aromatic rings. The molecule has 0 radical (unpaired) electrons. The first-order valence-electron chi connectivity index (χ1n) is 9.84. The van der Waals surface area contributed by atoms with E-state index in [0.29, 0.717) is 11.4 Å². The van der Waals surface area contributed by atoms with Crippen LogP contribution in [0.4, 0.5) is 0 Å². The van der Waals surface area contributed by atoms with Crippen LogP contribution in [0.15, 0.2) is 35.1 Å². The third-order valence-corrected chi connectivity index (χ3v) is 6.03. The summed E-state index contributed by atoms with van der Waals surface area (Å²) in [6, 6.07) is 6.62. The van der Waals surface area contributed by atoms with Gasteiger partial charge in [0, 0.05) is 6.07 Å². The molecule has 0 saturated carbocycles. The lowest BCUT2D eigenvalue weighted by Crippen LogP contribution is -2.48. The standard InChI is InChI=1S/C21H20N4O5S/c1-4-15-23-25-16(26)9-12(22-21(25)31-15)10-30-20(29)17(11(2)3)24-18(27)13-7-5-6-8-14(13)19(24)28/h5-9,11,17H,4,10H2,1-3H3/t17-/m0/s1. The molecule has 2 aromatic heterocycles. The minimum Gasteiger partial charge on any atom is -0.458 e. The Balaban J connectivity index is 1.55. The van der Waals surface area contributed by atoms with Gasteiger partial charge in [-0.05, 0) is 24.5 Å². The van der Waals surface area contributed by atoms with Crippen molar-refractivity contribution in [3.63, 3.8) is 0 Å². The monoisotopic (exact) mass is 440 g/mol. The van der Waals surface area contributed by atoms with E-state index in [2.05, 4.69) is 10.1 Å². The molecule has 4 rings (SSSR count). The first kappa shape index (κ1) is 20.9. The average molecular weight is 440 g/mol. The predicted octanol–water partition coefficient (Wildman–Crippen LogP) is 2.08. The number of benzene rings is 1. The fourth-order valence-corrected chi connectivity index (χ4v) is 4.34. The van der Waals surface area contributed by atoms with Gasteiger partial charge in [-0.15, -0.1) is 0 Å². The normalized spacial score (nSPS) is 14.4. The Bertz CT molecular complexity index is 1230. The molecule has 0 saturated heterocycles. The van der Waals surface area contributed by atoms with Crippen molar-refractivity contribution >= 4 is 34.1 Å². The highest BCUT2D eigenvalue weighted by molar-refractivity contribution is 7.16. The van der Waals surface area contributed by atoms with Crippen LogP contribution in [0, 0.1) is 5.92 Å². The van der Waals surface area contributed by atoms with Crippen LogP contribution in [0.5, 0.6) is 0 Å². The minimum atomic E-state index is -1.09. The average Bonchev–Trinajstić information content (AvgIpc) is 3.28. The molecule has 0 aliphatic carbocycles. The van der Waals surface area contributed by atoms with Gasteiger partial charge in [0.15, 0.2) is 0 Å². The second kappa shape index (κ2) is 8.03. The number of ether oxygens (including phenoxy) is 1. The number of amides is 2. The lowest BCUT2D eigenvalue weighted by Gasteiger charge is -2.27. The Kier molecular flexibility index (Phi) is 5.40. The molecule has 2 amide bonds. The lowest BCUT2D eigenvalue weighted by atomic mass is 10.0. The zero-order valence-electron chi connectivity index (χ0n) is 17.2. The van der Waals surface area contributed by atoms with Gasteiger partial charge in [-0.2, -0.15) is 9.61 Å². The van der Waals surface area contributed by atoms with Crippen LogP contribution in [-0.4, -0.2) is 43.3 Å². The van der Waals surface area contributed by atoms with Crippen molar-refractivity contribution in [2.24, 2.45) is 5.92 Å². The molecule has 9 nitrogen and oxygen atoms in total. The number of carbonyl (C=O) groups is 3.